The molecule has 2 aromatic rings. The third kappa shape index (κ3) is 5.13. The zero-order valence-electron chi connectivity index (χ0n) is 13.1. The fourth-order valence-electron chi connectivity index (χ4n) is 2.03. The van der Waals surface area contributed by atoms with E-state index in [2.05, 4.69) is 15.5 Å². The van der Waals surface area contributed by atoms with Crippen molar-refractivity contribution in [3.05, 3.63) is 58.1 Å². The number of carbonyl (C=O) groups is 1. The minimum Gasteiger partial charge on any atom is -0.382 e. The summed E-state index contributed by atoms with van der Waals surface area (Å²) in [4.78, 5) is 14.6. The van der Waals surface area contributed by atoms with Gasteiger partial charge in [-0.15, -0.1) is 0 Å². The van der Waals surface area contributed by atoms with E-state index in [4.69, 9.17) is 23.2 Å². The van der Waals surface area contributed by atoms with E-state index in [1.165, 1.54) is 0 Å². The molecule has 0 fully saturated rings. The van der Waals surface area contributed by atoms with Crippen LogP contribution >= 0.6 is 23.2 Å². The quantitative estimate of drug-likeness (QED) is 0.818. The molecule has 0 aliphatic carbocycles. The number of carbonyl (C=O) groups excluding carboxylic acids is 1. The summed E-state index contributed by atoms with van der Waals surface area (Å²) in [6.07, 6.45) is 0. The first-order chi connectivity index (χ1) is 11.0. The predicted molar refractivity (Wildman–Crippen MR) is 97.9 cm³/mol. The van der Waals surface area contributed by atoms with E-state index >= 15 is 0 Å². The number of nitrogens with one attached hydrogen (secondary N) is 2. The minimum absolute atomic E-state index is 0.220. The fraction of sp³-hybridized carbons (Fsp3) is 0.235. The first-order valence-electron chi connectivity index (χ1n) is 7.21. The highest BCUT2D eigenvalue weighted by Gasteiger charge is 2.14. The van der Waals surface area contributed by atoms with Gasteiger partial charge in [0.15, 0.2) is 0 Å². The van der Waals surface area contributed by atoms with Gasteiger partial charge in [-0.2, -0.15) is 0 Å². The van der Waals surface area contributed by atoms with Crippen molar-refractivity contribution < 1.29 is 4.79 Å². The molecule has 1 amide bonds. The van der Waals surface area contributed by atoms with Crippen molar-refractivity contribution in [1.29, 1.82) is 0 Å². The van der Waals surface area contributed by atoms with Crippen LogP contribution in [0.3, 0.4) is 0 Å². The van der Waals surface area contributed by atoms with Gasteiger partial charge in [-0.25, -0.2) is 0 Å². The van der Waals surface area contributed by atoms with Gasteiger partial charge in [0.25, 0.3) is 5.91 Å². The van der Waals surface area contributed by atoms with Gasteiger partial charge in [0.2, 0.25) is 0 Å². The van der Waals surface area contributed by atoms with Crippen LogP contribution < -0.4 is 10.6 Å². The highest BCUT2D eigenvalue weighted by Crippen LogP contribution is 2.27. The van der Waals surface area contributed by atoms with Crippen molar-refractivity contribution in [2.75, 3.05) is 37.8 Å². The number of hydrogen-bond acceptors (Lipinski definition) is 3. The van der Waals surface area contributed by atoms with E-state index in [1.807, 2.05) is 14.1 Å². The summed E-state index contributed by atoms with van der Waals surface area (Å²) in [7, 11) is 3.98. The maximum Gasteiger partial charge on any atom is 0.257 e. The van der Waals surface area contributed by atoms with Crippen LogP contribution in [0.2, 0.25) is 10.0 Å². The van der Waals surface area contributed by atoms with Crippen LogP contribution in [0.15, 0.2) is 42.5 Å². The molecule has 23 heavy (non-hydrogen) atoms. The number of amides is 1. The number of nitrogens with zero attached hydrogens (tertiary/aromatic N) is 1. The first-order valence-corrected chi connectivity index (χ1v) is 7.97. The van der Waals surface area contributed by atoms with Gasteiger partial charge >= 0.3 is 0 Å². The maximum absolute atomic E-state index is 12.5. The molecule has 0 aliphatic rings. The number of halogens is 2. The second kappa shape index (κ2) is 8.20. The monoisotopic (exact) mass is 351 g/mol. The number of rotatable bonds is 6. The molecule has 2 rings (SSSR count). The molecule has 6 heteroatoms. The smallest absolute Gasteiger partial charge is 0.257 e. The lowest BCUT2D eigenvalue weighted by atomic mass is 10.1. The number of likely N-dealkylation sites (N-methyl/N-ethyl adjacent to an activating group) is 1. The molecule has 0 spiro atoms. The number of benzene rings is 2. The van der Waals surface area contributed by atoms with Crippen molar-refractivity contribution >= 4 is 40.5 Å². The van der Waals surface area contributed by atoms with Crippen LogP contribution in [0.5, 0.6) is 0 Å². The van der Waals surface area contributed by atoms with E-state index in [0.717, 1.165) is 6.54 Å². The van der Waals surface area contributed by atoms with Crippen molar-refractivity contribution in [1.82, 2.24) is 4.90 Å². The third-order valence-electron chi connectivity index (χ3n) is 3.22. The van der Waals surface area contributed by atoms with Crippen molar-refractivity contribution in [3.63, 3.8) is 0 Å². The molecule has 4 nitrogen and oxygen atoms in total. The largest absolute Gasteiger partial charge is 0.382 e. The van der Waals surface area contributed by atoms with Gasteiger partial charge in [0.05, 0.1) is 16.3 Å². The summed E-state index contributed by atoms with van der Waals surface area (Å²) in [5.74, 6) is -0.220. The van der Waals surface area contributed by atoms with Crippen LogP contribution in [0.4, 0.5) is 11.4 Å². The Morgan fingerprint density at radius 1 is 1.09 bits per heavy atom. The Labute approximate surface area is 146 Å². The summed E-state index contributed by atoms with van der Waals surface area (Å²) in [6.45, 7) is 1.53. The van der Waals surface area contributed by atoms with Gasteiger partial charge < -0.3 is 15.5 Å². The standard InChI is InChI=1S/C17H19Cl2N3O/c1-22(2)11-10-20-16-14(4-3-5-15(16)19)17(23)21-13-8-6-12(18)7-9-13/h3-9,20H,10-11H2,1-2H3,(H,21,23). The molecule has 122 valence electrons. The Morgan fingerprint density at radius 3 is 2.43 bits per heavy atom. The number of para-hydroxylation sites is 1. The molecule has 0 bridgehead atoms. The fourth-order valence-corrected chi connectivity index (χ4v) is 2.40. The van der Waals surface area contributed by atoms with Crippen LogP contribution in [0.25, 0.3) is 0 Å². The van der Waals surface area contributed by atoms with Crippen molar-refractivity contribution in [3.8, 4) is 0 Å². The summed E-state index contributed by atoms with van der Waals surface area (Å²) >= 11 is 12.1. The van der Waals surface area contributed by atoms with Gasteiger partial charge in [-0.05, 0) is 50.5 Å². The maximum atomic E-state index is 12.5. The molecule has 0 saturated heterocycles. The molecule has 0 saturated carbocycles. The zero-order valence-corrected chi connectivity index (χ0v) is 14.6. The molecule has 2 aromatic carbocycles. The van der Waals surface area contributed by atoms with Crippen LogP contribution in [0, 0.1) is 0 Å². The molecule has 0 aliphatic heterocycles. The summed E-state index contributed by atoms with van der Waals surface area (Å²) in [6, 6.07) is 12.2. The summed E-state index contributed by atoms with van der Waals surface area (Å²) in [5, 5.41) is 7.22. The molecule has 0 radical (unpaired) electrons. The van der Waals surface area contributed by atoms with Crippen molar-refractivity contribution in [2.24, 2.45) is 0 Å². The Balaban J connectivity index is 2.15. The van der Waals surface area contributed by atoms with Gasteiger partial charge in [-0.3, -0.25) is 4.79 Å². The Bertz CT molecular complexity index is 672. The van der Waals surface area contributed by atoms with Crippen LogP contribution in [-0.4, -0.2) is 38.0 Å². The molecule has 0 unspecified atom stereocenters. The SMILES string of the molecule is CN(C)CCNc1c(Cl)cccc1C(=O)Nc1ccc(Cl)cc1. The Morgan fingerprint density at radius 2 is 1.78 bits per heavy atom. The zero-order chi connectivity index (χ0) is 16.8. The predicted octanol–water partition coefficient (Wildman–Crippen LogP) is 4.22. The average molecular weight is 352 g/mol. The van der Waals surface area contributed by atoms with Crippen LogP contribution in [-0.2, 0) is 0 Å². The van der Waals surface area contributed by atoms with E-state index in [1.54, 1.807) is 42.5 Å². The van der Waals surface area contributed by atoms with E-state index in [-0.39, 0.29) is 5.91 Å². The van der Waals surface area contributed by atoms with E-state index in [9.17, 15) is 4.79 Å². The highest BCUT2D eigenvalue weighted by atomic mass is 35.5. The normalized spacial score (nSPS) is 10.7. The number of anilines is 2. The minimum atomic E-state index is -0.220. The Hall–Kier alpha value is -1.75. The summed E-state index contributed by atoms with van der Waals surface area (Å²) in [5.41, 5.74) is 1.83. The van der Waals surface area contributed by atoms with Gasteiger partial charge in [-0.1, -0.05) is 29.3 Å². The van der Waals surface area contributed by atoms with Crippen LogP contribution in [0.1, 0.15) is 10.4 Å². The molecule has 2 N–H and O–H groups in total. The lowest BCUT2D eigenvalue weighted by Gasteiger charge is -2.16. The van der Waals surface area contributed by atoms with Gasteiger partial charge in [0, 0.05) is 23.8 Å². The lowest BCUT2D eigenvalue weighted by molar-refractivity contribution is 0.102. The van der Waals surface area contributed by atoms with E-state index < -0.39 is 0 Å². The second-order valence-corrected chi connectivity index (χ2v) is 6.20. The molecule has 0 heterocycles. The summed E-state index contributed by atoms with van der Waals surface area (Å²) < 4.78 is 0. The molecular weight excluding hydrogens is 333 g/mol. The van der Waals surface area contributed by atoms with E-state index in [0.29, 0.717) is 33.5 Å². The topological polar surface area (TPSA) is 44.4 Å². The number of hydrogen-bond donors (Lipinski definition) is 2. The average Bonchev–Trinajstić information content (AvgIpc) is 2.50. The third-order valence-corrected chi connectivity index (χ3v) is 3.79. The van der Waals surface area contributed by atoms with Gasteiger partial charge in [0.1, 0.15) is 0 Å². The highest BCUT2D eigenvalue weighted by molar-refractivity contribution is 6.34. The first kappa shape index (κ1) is 17.6. The second-order valence-electron chi connectivity index (χ2n) is 5.35. The van der Waals surface area contributed by atoms with Crippen molar-refractivity contribution in [2.45, 2.75) is 0 Å². The molecular formula is C17H19Cl2N3O. The molecule has 0 atom stereocenters. The Kier molecular flexibility index (Phi) is 6.28. The molecule has 0 aromatic heterocycles. The lowest BCUT2D eigenvalue weighted by Crippen LogP contribution is -2.22.